The average molecular weight is 318 g/mol. The summed E-state index contributed by atoms with van der Waals surface area (Å²) in [6.07, 6.45) is 0. The summed E-state index contributed by atoms with van der Waals surface area (Å²) in [5.74, 6) is -0.204. The molecule has 1 aromatic rings. The number of halogens is 2. The molecule has 0 spiro atoms. The second kappa shape index (κ2) is 4.58. The topological polar surface area (TPSA) is 52.9 Å². The highest BCUT2D eigenvalue weighted by atomic mass is 79.9. The van der Waals surface area contributed by atoms with Crippen LogP contribution in [0, 0.1) is 11.3 Å². The van der Waals surface area contributed by atoms with E-state index in [1.807, 2.05) is 6.07 Å². The standard InChI is InChI=1S/C9H6Br2N2O/c1-5(14)13-9-6(4-12)2-7(10)3-8(9)11/h2-3H,1H3,(H,13,14). The van der Waals surface area contributed by atoms with Crippen molar-refractivity contribution < 1.29 is 4.79 Å². The molecule has 1 aromatic carbocycles. The lowest BCUT2D eigenvalue weighted by Crippen LogP contribution is -2.08. The molecule has 0 bridgehead atoms. The lowest BCUT2D eigenvalue weighted by molar-refractivity contribution is -0.114. The fourth-order valence-electron chi connectivity index (χ4n) is 0.965. The highest BCUT2D eigenvalue weighted by Crippen LogP contribution is 2.30. The summed E-state index contributed by atoms with van der Waals surface area (Å²) in [4.78, 5) is 10.9. The van der Waals surface area contributed by atoms with Crippen LogP contribution >= 0.6 is 31.9 Å². The first kappa shape index (κ1) is 11.2. The van der Waals surface area contributed by atoms with E-state index in [4.69, 9.17) is 5.26 Å². The Labute approximate surface area is 98.4 Å². The van der Waals surface area contributed by atoms with Gasteiger partial charge in [-0.1, -0.05) is 15.9 Å². The van der Waals surface area contributed by atoms with Gasteiger partial charge in [0, 0.05) is 15.9 Å². The number of anilines is 1. The van der Waals surface area contributed by atoms with E-state index < -0.39 is 0 Å². The summed E-state index contributed by atoms with van der Waals surface area (Å²) in [6, 6.07) is 5.43. The summed E-state index contributed by atoms with van der Waals surface area (Å²) in [5.41, 5.74) is 0.921. The van der Waals surface area contributed by atoms with Crippen LogP contribution in [0.2, 0.25) is 0 Å². The predicted octanol–water partition coefficient (Wildman–Crippen LogP) is 3.04. The number of amides is 1. The normalized spacial score (nSPS) is 9.29. The van der Waals surface area contributed by atoms with E-state index >= 15 is 0 Å². The second-order valence-corrected chi connectivity index (χ2v) is 4.37. The first-order valence-corrected chi connectivity index (χ1v) is 5.30. The Hall–Kier alpha value is -0.860. The van der Waals surface area contributed by atoms with Gasteiger partial charge in [0.05, 0.1) is 11.3 Å². The van der Waals surface area contributed by atoms with Crippen LogP contribution in [0.1, 0.15) is 12.5 Å². The maximum absolute atomic E-state index is 10.9. The second-order valence-electron chi connectivity index (χ2n) is 2.60. The molecule has 1 rings (SSSR count). The highest BCUT2D eigenvalue weighted by Gasteiger charge is 2.09. The molecule has 3 nitrogen and oxygen atoms in total. The predicted molar refractivity (Wildman–Crippen MR) is 60.9 cm³/mol. The van der Waals surface area contributed by atoms with Gasteiger partial charge < -0.3 is 5.32 Å². The Balaban J connectivity index is 3.27. The number of benzene rings is 1. The van der Waals surface area contributed by atoms with Crippen LogP contribution in [0.5, 0.6) is 0 Å². The van der Waals surface area contributed by atoms with E-state index in [0.29, 0.717) is 15.7 Å². The van der Waals surface area contributed by atoms with Crippen molar-refractivity contribution in [3.63, 3.8) is 0 Å². The number of hydrogen-bond acceptors (Lipinski definition) is 2. The molecule has 14 heavy (non-hydrogen) atoms. The van der Waals surface area contributed by atoms with Gasteiger partial charge in [-0.2, -0.15) is 5.26 Å². The van der Waals surface area contributed by atoms with Crippen molar-refractivity contribution in [2.24, 2.45) is 0 Å². The minimum Gasteiger partial charge on any atom is -0.324 e. The van der Waals surface area contributed by atoms with Crippen molar-refractivity contribution in [1.29, 1.82) is 5.26 Å². The SMILES string of the molecule is CC(=O)Nc1c(Br)cc(Br)cc1C#N. The Morgan fingerprint density at radius 1 is 1.50 bits per heavy atom. The summed E-state index contributed by atoms with van der Waals surface area (Å²) < 4.78 is 1.47. The van der Waals surface area contributed by atoms with Gasteiger partial charge in [-0.25, -0.2) is 0 Å². The molecular formula is C9H6Br2N2O. The lowest BCUT2D eigenvalue weighted by Gasteiger charge is -2.07. The van der Waals surface area contributed by atoms with Gasteiger partial charge in [-0.3, -0.25) is 4.79 Å². The third kappa shape index (κ3) is 2.56. The number of hydrogen-bond donors (Lipinski definition) is 1. The number of nitrogens with one attached hydrogen (secondary N) is 1. The molecular weight excluding hydrogens is 312 g/mol. The van der Waals surface area contributed by atoms with Gasteiger partial charge in [0.1, 0.15) is 6.07 Å². The third-order valence-corrected chi connectivity index (χ3v) is 2.56. The van der Waals surface area contributed by atoms with Crippen LogP contribution in [0.4, 0.5) is 5.69 Å². The van der Waals surface area contributed by atoms with Crippen molar-refractivity contribution >= 4 is 43.5 Å². The van der Waals surface area contributed by atoms with E-state index in [0.717, 1.165) is 4.47 Å². The molecule has 0 fully saturated rings. The van der Waals surface area contributed by atoms with Crippen molar-refractivity contribution in [3.05, 3.63) is 26.6 Å². The first-order chi connectivity index (χ1) is 6.54. The Kier molecular flexibility index (Phi) is 3.67. The lowest BCUT2D eigenvalue weighted by atomic mass is 10.2. The van der Waals surface area contributed by atoms with E-state index in [2.05, 4.69) is 37.2 Å². The highest BCUT2D eigenvalue weighted by molar-refractivity contribution is 9.11. The number of nitrogens with zero attached hydrogens (tertiary/aromatic N) is 1. The zero-order valence-corrected chi connectivity index (χ0v) is 10.4. The molecule has 0 saturated heterocycles. The van der Waals surface area contributed by atoms with Gasteiger partial charge in [-0.05, 0) is 28.1 Å². The van der Waals surface area contributed by atoms with Crippen molar-refractivity contribution in [2.45, 2.75) is 6.92 Å². The number of nitriles is 1. The van der Waals surface area contributed by atoms with Crippen LogP contribution in [0.15, 0.2) is 21.1 Å². The summed E-state index contributed by atoms with van der Waals surface area (Å²) in [7, 11) is 0. The molecule has 0 unspecified atom stereocenters. The maximum Gasteiger partial charge on any atom is 0.221 e. The number of carbonyl (C=O) groups excluding carboxylic acids is 1. The minimum absolute atomic E-state index is 0.204. The minimum atomic E-state index is -0.204. The number of rotatable bonds is 1. The molecule has 0 radical (unpaired) electrons. The zero-order valence-electron chi connectivity index (χ0n) is 7.27. The van der Waals surface area contributed by atoms with Crippen LogP contribution in [-0.2, 0) is 4.79 Å². The molecule has 5 heteroatoms. The van der Waals surface area contributed by atoms with E-state index in [9.17, 15) is 4.79 Å². The molecule has 1 N–H and O–H groups in total. The maximum atomic E-state index is 10.9. The summed E-state index contributed by atoms with van der Waals surface area (Å²) in [5, 5.41) is 11.4. The average Bonchev–Trinajstić information content (AvgIpc) is 2.08. The monoisotopic (exact) mass is 316 g/mol. The molecule has 0 saturated carbocycles. The fourth-order valence-corrected chi connectivity index (χ4v) is 2.29. The van der Waals surface area contributed by atoms with E-state index in [1.165, 1.54) is 6.92 Å². The fraction of sp³-hybridized carbons (Fsp3) is 0.111. The quantitative estimate of drug-likeness (QED) is 0.865. The smallest absolute Gasteiger partial charge is 0.221 e. The van der Waals surface area contributed by atoms with Gasteiger partial charge >= 0.3 is 0 Å². The van der Waals surface area contributed by atoms with Crippen LogP contribution < -0.4 is 5.32 Å². The first-order valence-electron chi connectivity index (χ1n) is 3.71. The Morgan fingerprint density at radius 3 is 2.64 bits per heavy atom. The molecule has 1 amide bonds. The van der Waals surface area contributed by atoms with Gasteiger partial charge in [0.25, 0.3) is 0 Å². The van der Waals surface area contributed by atoms with E-state index in [-0.39, 0.29) is 5.91 Å². The Morgan fingerprint density at radius 2 is 2.14 bits per heavy atom. The van der Waals surface area contributed by atoms with Gasteiger partial charge in [0.15, 0.2) is 0 Å². The van der Waals surface area contributed by atoms with Crippen LogP contribution in [0.3, 0.4) is 0 Å². The summed E-state index contributed by atoms with van der Waals surface area (Å²) in [6.45, 7) is 1.40. The van der Waals surface area contributed by atoms with Gasteiger partial charge in [-0.15, -0.1) is 0 Å². The van der Waals surface area contributed by atoms with Crippen molar-refractivity contribution in [3.8, 4) is 6.07 Å². The van der Waals surface area contributed by atoms with Gasteiger partial charge in [0.2, 0.25) is 5.91 Å². The van der Waals surface area contributed by atoms with Crippen molar-refractivity contribution in [2.75, 3.05) is 5.32 Å². The van der Waals surface area contributed by atoms with E-state index in [1.54, 1.807) is 12.1 Å². The largest absolute Gasteiger partial charge is 0.324 e. The van der Waals surface area contributed by atoms with Crippen molar-refractivity contribution in [1.82, 2.24) is 0 Å². The molecule has 0 aliphatic rings. The molecule has 0 atom stereocenters. The molecule has 72 valence electrons. The van der Waals surface area contributed by atoms with Crippen LogP contribution in [0.25, 0.3) is 0 Å². The third-order valence-electron chi connectivity index (χ3n) is 1.48. The zero-order chi connectivity index (χ0) is 10.7. The molecule has 0 aromatic heterocycles. The van der Waals surface area contributed by atoms with Crippen LogP contribution in [-0.4, -0.2) is 5.91 Å². The number of carbonyl (C=O) groups is 1. The molecule has 0 heterocycles. The summed E-state index contributed by atoms with van der Waals surface area (Å²) >= 11 is 6.53. The molecule has 0 aliphatic carbocycles. The molecule has 0 aliphatic heterocycles. The Bertz CT molecular complexity index is 424.